The fourth-order valence-corrected chi connectivity index (χ4v) is 2.98. The van der Waals surface area contributed by atoms with E-state index < -0.39 is 14.9 Å². The van der Waals surface area contributed by atoms with Crippen LogP contribution in [0.1, 0.15) is 13.3 Å². The Morgan fingerprint density at radius 1 is 1.50 bits per heavy atom. The number of anilines is 1. The Morgan fingerprint density at radius 2 is 2.15 bits per heavy atom. The smallest absolute Gasteiger partial charge is 0.270 e. The first kappa shape index (κ1) is 16.3. The Hall–Kier alpha value is -1.71. The molecule has 1 atom stereocenters. The molecule has 0 radical (unpaired) electrons. The molecule has 112 valence electrons. The van der Waals surface area contributed by atoms with Gasteiger partial charge in [0.05, 0.1) is 10.6 Å². The van der Waals surface area contributed by atoms with Crippen LogP contribution in [0.15, 0.2) is 23.1 Å². The fourth-order valence-electron chi connectivity index (χ4n) is 1.55. The molecule has 0 heterocycles. The van der Waals surface area contributed by atoms with E-state index in [0.29, 0.717) is 13.0 Å². The number of benzene rings is 1. The van der Waals surface area contributed by atoms with Crippen LogP contribution in [-0.2, 0) is 14.8 Å². The summed E-state index contributed by atoms with van der Waals surface area (Å²) < 4.78 is 31.6. The molecular formula is C11H17N3O5S. The molecule has 1 aromatic rings. The van der Waals surface area contributed by atoms with E-state index >= 15 is 0 Å². The van der Waals surface area contributed by atoms with Gasteiger partial charge in [0.15, 0.2) is 0 Å². The Kier molecular flexibility index (Phi) is 5.43. The van der Waals surface area contributed by atoms with Crippen molar-refractivity contribution in [3.05, 3.63) is 28.3 Å². The summed E-state index contributed by atoms with van der Waals surface area (Å²) in [5.74, 6) is 0. The largest absolute Gasteiger partial charge is 0.398 e. The lowest BCUT2D eigenvalue weighted by atomic mass is 10.3. The van der Waals surface area contributed by atoms with Gasteiger partial charge in [-0.3, -0.25) is 10.1 Å². The SMILES string of the molecule is COCCC(C)NS(=O)(=O)c1cc([N+](=O)[O-])ccc1N. The van der Waals surface area contributed by atoms with Crippen molar-refractivity contribution in [3.63, 3.8) is 0 Å². The van der Waals surface area contributed by atoms with Gasteiger partial charge in [0, 0.05) is 31.9 Å². The number of nitro benzene ring substituents is 1. The van der Waals surface area contributed by atoms with E-state index in [1.54, 1.807) is 6.92 Å². The minimum atomic E-state index is -3.91. The Labute approximate surface area is 117 Å². The van der Waals surface area contributed by atoms with Crippen molar-refractivity contribution in [2.75, 3.05) is 19.5 Å². The third kappa shape index (κ3) is 4.15. The molecule has 1 unspecified atom stereocenters. The summed E-state index contributed by atoms with van der Waals surface area (Å²) in [6.07, 6.45) is 0.477. The van der Waals surface area contributed by atoms with E-state index in [9.17, 15) is 18.5 Å². The van der Waals surface area contributed by atoms with Crippen LogP contribution in [0, 0.1) is 10.1 Å². The van der Waals surface area contributed by atoms with Crippen LogP contribution in [0.25, 0.3) is 0 Å². The Morgan fingerprint density at radius 3 is 2.70 bits per heavy atom. The standard InChI is InChI=1S/C11H17N3O5S/c1-8(5-6-19-2)13-20(17,18)11-7-9(14(15)16)3-4-10(11)12/h3-4,7-8,13H,5-6,12H2,1-2H3. The number of rotatable bonds is 7. The van der Waals surface area contributed by atoms with Gasteiger partial charge in [0.2, 0.25) is 10.0 Å². The predicted molar refractivity (Wildman–Crippen MR) is 73.8 cm³/mol. The lowest BCUT2D eigenvalue weighted by Gasteiger charge is -2.14. The monoisotopic (exact) mass is 303 g/mol. The first-order valence-corrected chi connectivity index (χ1v) is 7.31. The van der Waals surface area contributed by atoms with Gasteiger partial charge in [-0.1, -0.05) is 0 Å². The summed E-state index contributed by atoms with van der Waals surface area (Å²) in [5.41, 5.74) is 5.22. The number of ether oxygens (including phenoxy) is 1. The molecule has 0 saturated carbocycles. The maximum Gasteiger partial charge on any atom is 0.270 e. The topological polar surface area (TPSA) is 125 Å². The highest BCUT2D eigenvalue weighted by Gasteiger charge is 2.22. The number of sulfonamides is 1. The van der Waals surface area contributed by atoms with Gasteiger partial charge in [0.1, 0.15) is 4.90 Å². The van der Waals surface area contributed by atoms with Crippen molar-refractivity contribution in [2.45, 2.75) is 24.3 Å². The van der Waals surface area contributed by atoms with Crippen molar-refractivity contribution in [2.24, 2.45) is 0 Å². The number of hydrogen-bond donors (Lipinski definition) is 2. The van der Waals surface area contributed by atoms with Crippen molar-refractivity contribution in [3.8, 4) is 0 Å². The van der Waals surface area contributed by atoms with Crippen LogP contribution in [-0.4, -0.2) is 33.1 Å². The quantitative estimate of drug-likeness (QED) is 0.437. The van der Waals surface area contributed by atoms with Crippen LogP contribution in [0.3, 0.4) is 0 Å². The van der Waals surface area contributed by atoms with Gasteiger partial charge in [-0.15, -0.1) is 0 Å². The second-order valence-electron chi connectivity index (χ2n) is 4.28. The minimum Gasteiger partial charge on any atom is -0.398 e. The van der Waals surface area contributed by atoms with Gasteiger partial charge in [-0.2, -0.15) is 0 Å². The summed E-state index contributed by atoms with van der Waals surface area (Å²) >= 11 is 0. The zero-order valence-electron chi connectivity index (χ0n) is 11.2. The number of methoxy groups -OCH3 is 1. The second kappa shape index (κ2) is 6.64. The van der Waals surface area contributed by atoms with E-state index in [0.717, 1.165) is 12.1 Å². The number of nitrogens with zero attached hydrogens (tertiary/aromatic N) is 1. The summed E-state index contributed by atoms with van der Waals surface area (Å²) in [4.78, 5) is 9.72. The van der Waals surface area contributed by atoms with E-state index in [1.807, 2.05) is 0 Å². The summed E-state index contributed by atoms with van der Waals surface area (Å²) in [5, 5.41) is 10.7. The van der Waals surface area contributed by atoms with Gasteiger partial charge >= 0.3 is 0 Å². The summed E-state index contributed by atoms with van der Waals surface area (Å²) in [7, 11) is -2.40. The highest BCUT2D eigenvalue weighted by atomic mass is 32.2. The van der Waals surface area contributed by atoms with Gasteiger partial charge in [-0.25, -0.2) is 13.1 Å². The van der Waals surface area contributed by atoms with E-state index in [-0.39, 0.29) is 22.3 Å². The van der Waals surface area contributed by atoms with Gasteiger partial charge in [-0.05, 0) is 19.4 Å². The normalized spacial score (nSPS) is 13.1. The van der Waals surface area contributed by atoms with Crippen LogP contribution < -0.4 is 10.5 Å². The molecule has 8 nitrogen and oxygen atoms in total. The molecule has 1 rings (SSSR count). The van der Waals surface area contributed by atoms with Crippen LogP contribution in [0.2, 0.25) is 0 Å². The van der Waals surface area contributed by atoms with E-state index in [2.05, 4.69) is 4.72 Å². The molecule has 0 aliphatic heterocycles. The zero-order valence-corrected chi connectivity index (χ0v) is 12.0. The molecule has 20 heavy (non-hydrogen) atoms. The average molecular weight is 303 g/mol. The number of hydrogen-bond acceptors (Lipinski definition) is 6. The Balaban J connectivity index is 3.03. The molecule has 1 aromatic carbocycles. The number of nitrogen functional groups attached to an aromatic ring is 1. The highest BCUT2D eigenvalue weighted by Crippen LogP contribution is 2.24. The molecule has 0 fully saturated rings. The highest BCUT2D eigenvalue weighted by molar-refractivity contribution is 7.89. The first-order valence-electron chi connectivity index (χ1n) is 5.83. The van der Waals surface area contributed by atoms with Crippen LogP contribution in [0.4, 0.5) is 11.4 Å². The second-order valence-corrected chi connectivity index (χ2v) is 5.97. The third-order valence-corrected chi connectivity index (χ3v) is 4.25. The molecule has 0 saturated heterocycles. The molecule has 0 aliphatic rings. The van der Waals surface area contributed by atoms with Crippen molar-refractivity contribution >= 4 is 21.4 Å². The maximum absolute atomic E-state index is 12.1. The molecule has 3 N–H and O–H groups in total. The van der Waals surface area contributed by atoms with Gasteiger partial charge < -0.3 is 10.5 Å². The number of nitro groups is 1. The summed E-state index contributed by atoms with van der Waals surface area (Å²) in [6, 6.07) is 2.93. The molecular weight excluding hydrogens is 286 g/mol. The van der Waals surface area contributed by atoms with Crippen LogP contribution >= 0.6 is 0 Å². The molecule has 0 aromatic heterocycles. The number of non-ortho nitro benzene ring substituents is 1. The van der Waals surface area contributed by atoms with E-state index in [4.69, 9.17) is 10.5 Å². The number of nitrogens with one attached hydrogen (secondary N) is 1. The average Bonchev–Trinajstić information content (AvgIpc) is 2.35. The number of nitrogens with two attached hydrogens (primary N) is 1. The predicted octanol–water partition coefficient (Wildman–Crippen LogP) is 0.880. The molecule has 0 spiro atoms. The fraction of sp³-hybridized carbons (Fsp3) is 0.455. The summed E-state index contributed by atoms with van der Waals surface area (Å²) in [6.45, 7) is 2.07. The molecule has 0 aliphatic carbocycles. The van der Waals surface area contributed by atoms with Crippen molar-refractivity contribution in [1.82, 2.24) is 4.72 Å². The van der Waals surface area contributed by atoms with Crippen LogP contribution in [0.5, 0.6) is 0 Å². The minimum absolute atomic E-state index is 0.0398. The third-order valence-electron chi connectivity index (χ3n) is 2.61. The Bertz CT molecular complexity index is 588. The molecule has 9 heteroatoms. The molecule has 0 bridgehead atoms. The zero-order chi connectivity index (χ0) is 15.3. The molecule has 0 amide bonds. The van der Waals surface area contributed by atoms with Gasteiger partial charge in [0.25, 0.3) is 5.69 Å². The lowest BCUT2D eigenvalue weighted by Crippen LogP contribution is -2.33. The van der Waals surface area contributed by atoms with Crippen molar-refractivity contribution < 1.29 is 18.1 Å². The lowest BCUT2D eigenvalue weighted by molar-refractivity contribution is -0.385. The maximum atomic E-state index is 12.1. The first-order chi connectivity index (χ1) is 9.27. The van der Waals surface area contributed by atoms with E-state index in [1.165, 1.54) is 13.2 Å². The van der Waals surface area contributed by atoms with Crippen molar-refractivity contribution in [1.29, 1.82) is 0 Å².